The Morgan fingerprint density at radius 1 is 0.930 bits per heavy atom. The van der Waals surface area contributed by atoms with Crippen LogP contribution in [-0.4, -0.2) is 70.1 Å². The maximum atomic E-state index is 12.1. The number of nitrogen functional groups attached to an aromatic ring is 1. The predicted octanol–water partition coefficient (Wildman–Crippen LogP) is 7.02. The average Bonchev–Trinajstić information content (AvgIpc) is 3.44. The Morgan fingerprint density at radius 3 is 2.16 bits per heavy atom. The fraction of sp³-hybridized carbons (Fsp3) is 0.800. The molecule has 2 atom stereocenters. The van der Waals surface area contributed by atoms with Gasteiger partial charge in [-0.2, -0.15) is 0 Å². The zero-order valence-electron chi connectivity index (χ0n) is 26.3. The van der Waals surface area contributed by atoms with Crippen molar-refractivity contribution in [3.63, 3.8) is 0 Å². The minimum absolute atomic E-state index is 0.00595. The largest absolute Gasteiger partial charge is 0.463 e. The lowest BCUT2D eigenvalue weighted by Crippen LogP contribution is -2.25. The third kappa shape index (κ3) is 16.6. The molecule has 0 aliphatic carbocycles. The Morgan fingerprint density at radius 2 is 1.56 bits per heavy atom. The van der Waals surface area contributed by atoms with Gasteiger partial charge in [0, 0.05) is 20.1 Å². The molecule has 0 aromatic carbocycles. The van der Waals surface area contributed by atoms with Crippen molar-refractivity contribution in [3.8, 4) is 0 Å². The second-order valence-corrected chi connectivity index (χ2v) is 12.4. The summed E-state index contributed by atoms with van der Waals surface area (Å²) in [6.07, 6.45) is 22.0. The first-order chi connectivity index (χ1) is 21.1. The molecule has 0 aliphatic rings. The molecular weight excluding hydrogens is 573 g/mol. The lowest BCUT2D eigenvalue weighted by molar-refractivity contribution is -0.290. The highest BCUT2D eigenvalue weighted by Crippen LogP contribution is 2.37. The van der Waals surface area contributed by atoms with Crippen molar-refractivity contribution in [3.05, 3.63) is 12.7 Å². The zero-order chi connectivity index (χ0) is 31.0. The Bertz CT molecular complexity index is 984. The Hall–Kier alpha value is -1.95. The predicted molar refractivity (Wildman–Crippen MR) is 168 cm³/mol. The van der Waals surface area contributed by atoms with Gasteiger partial charge in [0.2, 0.25) is 0 Å². The van der Waals surface area contributed by atoms with Crippen LogP contribution in [0.3, 0.4) is 0 Å². The molecule has 2 aromatic rings. The van der Waals surface area contributed by atoms with Crippen LogP contribution in [0, 0.1) is 0 Å². The number of rotatable bonds is 28. The van der Waals surface area contributed by atoms with Gasteiger partial charge in [-0.05, 0) is 6.42 Å². The Balaban J connectivity index is 1.44. The van der Waals surface area contributed by atoms with Crippen molar-refractivity contribution in [2.75, 3.05) is 39.0 Å². The topological polar surface area (TPSA) is 153 Å². The van der Waals surface area contributed by atoms with E-state index in [2.05, 4.69) is 26.8 Å². The minimum atomic E-state index is -1.38. The number of unbranched alkanes of at least 4 members (excludes halogenated alkanes) is 14. The Kier molecular flexibility index (Phi) is 21.1. The van der Waals surface area contributed by atoms with Crippen LogP contribution in [-0.2, 0) is 34.7 Å². The number of ether oxygens (including phenoxy) is 2. The van der Waals surface area contributed by atoms with Crippen molar-refractivity contribution < 1.29 is 33.5 Å². The molecule has 0 saturated carbocycles. The molecular formula is C30H54N5O7P. The molecule has 0 radical (unpaired) electrons. The highest BCUT2D eigenvalue weighted by molar-refractivity contribution is 7.46. The zero-order valence-corrected chi connectivity index (χ0v) is 27.2. The van der Waals surface area contributed by atoms with Gasteiger partial charge in [-0.25, -0.2) is 19.8 Å². The molecule has 2 rings (SSSR count). The van der Waals surface area contributed by atoms with Gasteiger partial charge in [-0.15, -0.1) is 0 Å². The third-order valence-electron chi connectivity index (χ3n) is 7.27. The van der Waals surface area contributed by atoms with E-state index in [9.17, 15) is 10.1 Å². The van der Waals surface area contributed by atoms with Crippen molar-refractivity contribution in [1.82, 2.24) is 19.5 Å². The summed E-state index contributed by atoms with van der Waals surface area (Å²) in [5, 5.41) is 9.20. The van der Waals surface area contributed by atoms with Crippen molar-refractivity contribution >= 4 is 31.3 Å². The number of esters is 1. The number of anilines is 1. The number of carbonyl (C=O) groups is 1. The molecule has 2 heterocycles. The quantitative estimate of drug-likeness (QED) is 0.0329. The van der Waals surface area contributed by atoms with E-state index in [-0.39, 0.29) is 25.5 Å². The fourth-order valence-corrected chi connectivity index (χ4v) is 5.58. The molecule has 0 saturated heterocycles. The van der Waals surface area contributed by atoms with E-state index in [0.29, 0.717) is 36.6 Å². The number of hydrogen-bond acceptors (Lipinski definition) is 11. The summed E-state index contributed by atoms with van der Waals surface area (Å²) in [6, 6.07) is 0. The highest BCUT2D eigenvalue weighted by atomic mass is 31.2. The van der Waals surface area contributed by atoms with Crippen LogP contribution in [0.2, 0.25) is 0 Å². The SMILES string of the molecule is CCCCCCCCCCCCCCCCCC(=O)OCC(COP(COCCn1cnc2c(N)ncnc21)OC)OO. The van der Waals surface area contributed by atoms with Crippen LogP contribution in [0.1, 0.15) is 110 Å². The van der Waals surface area contributed by atoms with Gasteiger partial charge in [0.25, 0.3) is 0 Å². The number of nitrogens with two attached hydrogens (primary N) is 1. The van der Waals surface area contributed by atoms with Gasteiger partial charge in [-0.3, -0.25) is 10.1 Å². The van der Waals surface area contributed by atoms with Gasteiger partial charge in [-0.1, -0.05) is 96.8 Å². The maximum absolute atomic E-state index is 12.1. The molecule has 3 N–H and O–H groups in total. The molecule has 0 fully saturated rings. The van der Waals surface area contributed by atoms with E-state index < -0.39 is 14.5 Å². The second kappa shape index (κ2) is 24.4. The van der Waals surface area contributed by atoms with E-state index in [1.54, 1.807) is 6.33 Å². The summed E-state index contributed by atoms with van der Waals surface area (Å²) >= 11 is 0. The molecule has 12 nitrogen and oxygen atoms in total. The molecule has 246 valence electrons. The summed E-state index contributed by atoms with van der Waals surface area (Å²) in [4.78, 5) is 28.9. The summed E-state index contributed by atoms with van der Waals surface area (Å²) < 4.78 is 23.8. The van der Waals surface area contributed by atoms with Crippen LogP contribution in [0.4, 0.5) is 5.82 Å². The number of hydrogen-bond donors (Lipinski definition) is 2. The van der Waals surface area contributed by atoms with Gasteiger partial charge in [0.05, 0.1) is 19.5 Å². The first kappa shape index (κ1) is 37.2. The summed E-state index contributed by atoms with van der Waals surface area (Å²) in [5.41, 5.74) is 7.00. The number of aromatic nitrogens is 4. The second-order valence-electron chi connectivity index (χ2n) is 10.8. The number of carbonyl (C=O) groups excluding carboxylic acids is 1. The molecule has 2 aromatic heterocycles. The monoisotopic (exact) mass is 627 g/mol. The van der Waals surface area contributed by atoms with Crippen LogP contribution in [0.25, 0.3) is 11.2 Å². The Labute approximate surface area is 258 Å². The summed E-state index contributed by atoms with van der Waals surface area (Å²) in [6.45, 7) is 3.04. The fourth-order valence-electron chi connectivity index (χ4n) is 4.68. The first-order valence-corrected chi connectivity index (χ1v) is 17.3. The number of fused-ring (bicyclic) bond motifs is 1. The lowest BCUT2D eigenvalue weighted by Gasteiger charge is -2.19. The lowest BCUT2D eigenvalue weighted by atomic mass is 10.0. The van der Waals surface area contributed by atoms with Gasteiger partial charge in [0.1, 0.15) is 24.8 Å². The van der Waals surface area contributed by atoms with E-state index in [1.165, 1.54) is 90.5 Å². The average molecular weight is 628 g/mol. The molecule has 13 heteroatoms. The minimum Gasteiger partial charge on any atom is -0.463 e. The van der Waals surface area contributed by atoms with E-state index in [0.717, 1.165) is 19.3 Å². The van der Waals surface area contributed by atoms with Crippen LogP contribution < -0.4 is 5.73 Å². The molecule has 0 aliphatic heterocycles. The van der Waals surface area contributed by atoms with Gasteiger partial charge >= 0.3 is 5.97 Å². The van der Waals surface area contributed by atoms with E-state index in [1.807, 2.05) is 4.57 Å². The van der Waals surface area contributed by atoms with Gasteiger partial charge in [0.15, 0.2) is 25.9 Å². The van der Waals surface area contributed by atoms with Crippen LogP contribution in [0.5, 0.6) is 0 Å². The van der Waals surface area contributed by atoms with Crippen LogP contribution >= 0.6 is 8.38 Å². The molecule has 0 amide bonds. The number of imidazole rings is 1. The smallest absolute Gasteiger partial charge is 0.305 e. The normalized spacial score (nSPS) is 13.0. The van der Waals surface area contributed by atoms with Gasteiger partial charge < -0.3 is 28.8 Å². The van der Waals surface area contributed by atoms with Crippen molar-refractivity contribution in [1.29, 1.82) is 0 Å². The first-order valence-electron chi connectivity index (χ1n) is 16.0. The highest BCUT2D eigenvalue weighted by Gasteiger charge is 2.18. The maximum Gasteiger partial charge on any atom is 0.305 e. The summed E-state index contributed by atoms with van der Waals surface area (Å²) in [7, 11) is 0.137. The molecule has 43 heavy (non-hydrogen) atoms. The summed E-state index contributed by atoms with van der Waals surface area (Å²) in [5.74, 6) is 0.0328. The van der Waals surface area contributed by atoms with Crippen molar-refractivity contribution in [2.45, 2.75) is 122 Å². The molecule has 0 spiro atoms. The van der Waals surface area contributed by atoms with E-state index >= 15 is 0 Å². The number of nitrogens with zero attached hydrogens (tertiary/aromatic N) is 4. The molecule has 0 bridgehead atoms. The van der Waals surface area contributed by atoms with Crippen LogP contribution in [0.15, 0.2) is 12.7 Å². The van der Waals surface area contributed by atoms with E-state index in [4.69, 9.17) is 24.3 Å². The van der Waals surface area contributed by atoms with Crippen molar-refractivity contribution in [2.24, 2.45) is 0 Å². The third-order valence-corrected chi connectivity index (χ3v) is 8.51. The molecule has 2 unspecified atom stereocenters. The standard InChI is InChI=1S/C30H54N5O7P/c1-3-4-5-6-7-8-9-10-11-12-13-14-15-16-17-18-27(36)40-21-26(42-37)22-41-43(38-2)25-39-20-19-35-24-34-28-29(31)32-23-33-30(28)35/h23-24,26,37H,3-22,25H2,1-2H3,(H2,31,32,33).